The van der Waals surface area contributed by atoms with Crippen LogP contribution in [0.1, 0.15) is 180 Å². The molecule has 11 rings (SSSR count). The van der Waals surface area contributed by atoms with Gasteiger partial charge in [0.25, 0.3) is 0 Å². The van der Waals surface area contributed by atoms with Crippen LogP contribution in [0.5, 0.6) is 0 Å². The summed E-state index contributed by atoms with van der Waals surface area (Å²) in [5.74, 6) is 11.1. The summed E-state index contributed by atoms with van der Waals surface area (Å²) in [5, 5.41) is 10.7. The molecule has 2 N–H and O–H groups in total. The second kappa shape index (κ2) is 15.6. The van der Waals surface area contributed by atoms with Crippen LogP contribution in [-0.4, -0.2) is 51.8 Å². The highest BCUT2D eigenvalue weighted by molar-refractivity contribution is 8.00. The van der Waals surface area contributed by atoms with Gasteiger partial charge in [0.1, 0.15) is 0 Å². The monoisotopic (exact) mass is 742 g/mol. The Morgan fingerprint density at radius 1 is 0.453 bits per heavy atom. The van der Waals surface area contributed by atoms with E-state index in [4.69, 9.17) is 0 Å². The van der Waals surface area contributed by atoms with E-state index >= 15 is 0 Å². The normalized spacial score (nSPS) is 53.4. The van der Waals surface area contributed by atoms with Gasteiger partial charge < -0.3 is 0 Å². The van der Waals surface area contributed by atoms with Crippen molar-refractivity contribution in [3.8, 4) is 0 Å². The van der Waals surface area contributed by atoms with Crippen molar-refractivity contribution in [2.24, 2.45) is 65.1 Å². The first-order chi connectivity index (χ1) is 26.2. The smallest absolute Gasteiger partial charge is 0.0605 e. The molecule has 8 aliphatic carbocycles. The third-order valence-electron chi connectivity index (χ3n) is 19.8. The zero-order chi connectivity index (χ0) is 34.9. The molecule has 0 radical (unpaired) electrons. The predicted octanol–water partition coefficient (Wildman–Crippen LogP) is 11.5. The summed E-state index contributed by atoms with van der Waals surface area (Å²) in [4.78, 5) is 3.31. The minimum absolute atomic E-state index is 0.561. The largest absolute Gasteiger partial charge is 0.298 e. The number of fused-ring (bicyclic) bond motifs is 7. The molecule has 3 heterocycles. The van der Waals surface area contributed by atoms with Crippen LogP contribution in [0.4, 0.5) is 0 Å². The van der Waals surface area contributed by atoms with E-state index in [9.17, 15) is 0 Å². The van der Waals surface area contributed by atoms with Crippen LogP contribution in [0, 0.1) is 65.1 Å². The van der Waals surface area contributed by atoms with Crippen molar-refractivity contribution in [3.05, 3.63) is 12.2 Å². The van der Waals surface area contributed by atoms with Gasteiger partial charge in [0.2, 0.25) is 0 Å². The first kappa shape index (κ1) is 36.1. The van der Waals surface area contributed by atoms with Gasteiger partial charge >= 0.3 is 0 Å². The van der Waals surface area contributed by atoms with Crippen molar-refractivity contribution in [2.45, 2.75) is 227 Å². The average molecular weight is 742 g/mol. The van der Waals surface area contributed by atoms with Gasteiger partial charge in [0.15, 0.2) is 0 Å². The Morgan fingerprint density at radius 2 is 1.09 bits per heavy atom. The second-order valence-electron chi connectivity index (χ2n) is 22.0. The molecule has 0 aromatic heterocycles. The Labute approximate surface area is 329 Å². The third kappa shape index (κ3) is 6.82. The van der Waals surface area contributed by atoms with Gasteiger partial charge in [-0.2, -0.15) is 11.8 Å². The zero-order valence-corrected chi connectivity index (χ0v) is 34.6. The number of hydrogen-bond acceptors (Lipinski definition) is 4. The molecule has 0 aromatic carbocycles. The molecule has 10 fully saturated rings. The van der Waals surface area contributed by atoms with E-state index in [0.717, 1.165) is 99.8 Å². The summed E-state index contributed by atoms with van der Waals surface area (Å²) in [6.07, 6.45) is 48.3. The van der Waals surface area contributed by atoms with E-state index in [1.165, 1.54) is 96.3 Å². The minimum Gasteiger partial charge on any atom is -0.298 e. The first-order valence-electron chi connectivity index (χ1n) is 24.9. The Kier molecular flexibility index (Phi) is 10.6. The average Bonchev–Trinajstić information content (AvgIpc) is 3.95. The molecule has 0 amide bonds. The highest BCUT2D eigenvalue weighted by Crippen LogP contribution is 2.59. The molecule has 3 nitrogen and oxygen atoms in total. The third-order valence-corrected chi connectivity index (χ3v) is 21.7. The number of nitrogens with one attached hydrogen (secondary N) is 2. The number of likely N-dealkylation sites (tertiary alicyclic amines) is 1. The maximum Gasteiger partial charge on any atom is 0.0605 e. The van der Waals surface area contributed by atoms with Crippen molar-refractivity contribution in [1.29, 1.82) is 0 Å². The predicted molar refractivity (Wildman–Crippen MR) is 223 cm³/mol. The van der Waals surface area contributed by atoms with Crippen molar-refractivity contribution >= 4 is 11.8 Å². The van der Waals surface area contributed by atoms with Gasteiger partial charge in [-0.15, -0.1) is 0 Å². The van der Waals surface area contributed by atoms with E-state index < -0.39 is 0 Å². The highest BCUT2D eigenvalue weighted by atomic mass is 32.2. The lowest BCUT2D eigenvalue weighted by Crippen LogP contribution is -2.67. The maximum absolute atomic E-state index is 4.37. The Bertz CT molecular complexity index is 1270. The second-order valence-corrected chi connectivity index (χ2v) is 23.5. The van der Waals surface area contributed by atoms with Crippen molar-refractivity contribution < 1.29 is 0 Å². The van der Waals surface area contributed by atoms with Gasteiger partial charge in [-0.05, 0) is 194 Å². The van der Waals surface area contributed by atoms with E-state index in [2.05, 4.69) is 39.4 Å². The topological polar surface area (TPSA) is 27.3 Å². The van der Waals surface area contributed by atoms with Crippen LogP contribution in [0.2, 0.25) is 0 Å². The van der Waals surface area contributed by atoms with Crippen LogP contribution < -0.4 is 10.6 Å². The van der Waals surface area contributed by atoms with Gasteiger partial charge in [0, 0.05) is 46.6 Å². The quantitative estimate of drug-likeness (QED) is 0.274. The fourth-order valence-corrected chi connectivity index (χ4v) is 19.5. The van der Waals surface area contributed by atoms with E-state index in [1.807, 2.05) is 0 Å². The van der Waals surface area contributed by atoms with Gasteiger partial charge in [-0.1, -0.05) is 57.1 Å². The molecule has 0 aromatic rings. The molecule has 3 saturated heterocycles. The summed E-state index contributed by atoms with van der Waals surface area (Å²) >= 11 is 2.48. The zero-order valence-electron chi connectivity index (χ0n) is 33.8. The van der Waals surface area contributed by atoms with Crippen LogP contribution >= 0.6 is 11.8 Å². The fraction of sp³-hybridized carbons (Fsp3) is 0.959. The molecular formula is C49H79N3S. The molecule has 16 atom stereocenters. The Balaban J connectivity index is 0.717. The number of rotatable bonds is 5. The Hall–Kier alpha value is -0.0300. The van der Waals surface area contributed by atoms with Crippen LogP contribution in [0.25, 0.3) is 0 Å². The van der Waals surface area contributed by atoms with Gasteiger partial charge in [-0.25, -0.2) is 0 Å². The van der Waals surface area contributed by atoms with Crippen LogP contribution in [0.3, 0.4) is 0 Å². The van der Waals surface area contributed by atoms with E-state index in [1.54, 1.807) is 83.5 Å². The van der Waals surface area contributed by atoms with Gasteiger partial charge in [-0.3, -0.25) is 15.5 Å². The summed E-state index contributed by atoms with van der Waals surface area (Å²) in [7, 11) is 0. The van der Waals surface area contributed by atoms with Crippen molar-refractivity contribution in [3.63, 3.8) is 0 Å². The molecule has 3 aliphatic heterocycles. The molecule has 4 heteroatoms. The maximum atomic E-state index is 4.37. The lowest BCUT2D eigenvalue weighted by atomic mass is 9.66. The van der Waals surface area contributed by atoms with Crippen molar-refractivity contribution in [1.82, 2.24) is 15.5 Å². The van der Waals surface area contributed by atoms with Gasteiger partial charge in [0.05, 0.1) is 6.17 Å². The molecule has 296 valence electrons. The summed E-state index contributed by atoms with van der Waals surface area (Å²) in [6, 6.07) is 4.20. The van der Waals surface area contributed by atoms with Crippen molar-refractivity contribution in [2.75, 3.05) is 0 Å². The standard InChI is InChI=1S/C49H79N3S/c1-2-10-31(11-3-1)48-40-14-4-7-15-43(40)50-49(51-48)32-20-24-37(25-21-32)52-44-16-8-5-12-38(44)41-29-35(22-26-45(41)52)33-18-19-34(28-33)36-23-27-47-42(30-36)39-13-6-9-17-46(39)53-47/h4,14,31-51H,1-3,5-13,15-30H2. The summed E-state index contributed by atoms with van der Waals surface area (Å²) in [5.41, 5.74) is 0. The van der Waals surface area contributed by atoms with E-state index in [0.29, 0.717) is 12.2 Å². The molecule has 0 spiro atoms. The van der Waals surface area contributed by atoms with Crippen LogP contribution in [0.15, 0.2) is 12.2 Å². The number of thioether (sulfide) groups is 1. The van der Waals surface area contributed by atoms with Crippen LogP contribution in [-0.2, 0) is 0 Å². The lowest BCUT2D eigenvalue weighted by molar-refractivity contribution is 0.0279. The van der Waals surface area contributed by atoms with E-state index in [-0.39, 0.29) is 0 Å². The molecule has 11 aliphatic rings. The number of nitrogens with zero attached hydrogens (tertiary/aromatic N) is 1. The summed E-state index contributed by atoms with van der Waals surface area (Å²) in [6.45, 7) is 0. The molecule has 7 saturated carbocycles. The molecular weight excluding hydrogens is 663 g/mol. The Morgan fingerprint density at radius 3 is 1.94 bits per heavy atom. The first-order valence-corrected chi connectivity index (χ1v) is 25.8. The lowest BCUT2D eigenvalue weighted by Gasteiger charge is -2.51. The SMILES string of the molecule is C1=CC2C(CC1)NC(C1CCC(N3C4CCCCC4C4CC(C5CCC(C6CCC7SC8CCCCC8C7C6)C5)CCC43)CC1)NC2C1CCCCC1. The number of allylic oxidation sites excluding steroid dienone is 1. The molecule has 0 bridgehead atoms. The molecule has 53 heavy (non-hydrogen) atoms. The fourth-order valence-electron chi connectivity index (χ4n) is 17.4. The molecule has 16 unspecified atom stereocenters. The minimum atomic E-state index is 0.561. The number of hydrogen-bond donors (Lipinski definition) is 2. The highest BCUT2D eigenvalue weighted by Gasteiger charge is 2.55. The summed E-state index contributed by atoms with van der Waals surface area (Å²) < 4.78 is 0.